The van der Waals surface area contributed by atoms with Gasteiger partial charge in [0.15, 0.2) is 0 Å². The molecule has 1 heterocycles. The predicted octanol–water partition coefficient (Wildman–Crippen LogP) is 3.68. The summed E-state index contributed by atoms with van der Waals surface area (Å²) in [5, 5.41) is 6.87. The number of nitrogens with zero attached hydrogens (tertiary/aromatic N) is 2. The molecule has 1 N–H and O–H groups in total. The summed E-state index contributed by atoms with van der Waals surface area (Å²) in [4.78, 5) is 14.1. The number of alkyl halides is 3. The second kappa shape index (κ2) is 7.36. The van der Waals surface area contributed by atoms with Crippen molar-refractivity contribution in [1.29, 1.82) is 0 Å². The molecule has 0 unspecified atom stereocenters. The molecule has 2 rings (SSSR count). The molecular formula is C16H24F3N3O. The van der Waals surface area contributed by atoms with Crippen LogP contribution in [0.5, 0.6) is 0 Å². The van der Waals surface area contributed by atoms with Crippen molar-refractivity contribution in [2.75, 3.05) is 6.54 Å². The third-order valence-corrected chi connectivity index (χ3v) is 4.58. The number of amides is 1. The lowest BCUT2D eigenvalue weighted by Crippen LogP contribution is -2.44. The topological polar surface area (TPSA) is 49.0 Å². The monoisotopic (exact) mass is 331 g/mol. The van der Waals surface area contributed by atoms with Gasteiger partial charge in [-0.05, 0) is 26.7 Å². The lowest BCUT2D eigenvalue weighted by Gasteiger charge is -2.35. The van der Waals surface area contributed by atoms with E-state index in [1.54, 1.807) is 6.92 Å². The molecule has 130 valence electrons. The van der Waals surface area contributed by atoms with Gasteiger partial charge in [0.25, 0.3) is 0 Å². The number of halogens is 3. The molecule has 1 aromatic heterocycles. The van der Waals surface area contributed by atoms with E-state index < -0.39 is 12.6 Å². The minimum Gasteiger partial charge on any atom is -0.339 e. The van der Waals surface area contributed by atoms with Crippen LogP contribution in [0, 0.1) is 13.8 Å². The molecule has 0 spiro atoms. The highest BCUT2D eigenvalue weighted by Crippen LogP contribution is 2.27. The first kappa shape index (κ1) is 17.8. The molecule has 0 atom stereocenters. The molecule has 1 saturated carbocycles. The second-order valence-corrected chi connectivity index (χ2v) is 6.33. The molecule has 1 aromatic rings. The Bertz CT molecular complexity index is 514. The van der Waals surface area contributed by atoms with Gasteiger partial charge >= 0.3 is 6.18 Å². The van der Waals surface area contributed by atoms with E-state index >= 15 is 0 Å². The minimum absolute atomic E-state index is 0.0638. The molecule has 0 bridgehead atoms. The van der Waals surface area contributed by atoms with Crippen LogP contribution in [0.1, 0.15) is 55.5 Å². The van der Waals surface area contributed by atoms with Gasteiger partial charge in [-0.1, -0.05) is 19.3 Å². The van der Waals surface area contributed by atoms with Crippen molar-refractivity contribution in [1.82, 2.24) is 15.1 Å². The summed E-state index contributed by atoms with van der Waals surface area (Å²) in [6.45, 7) is 3.37. The molecule has 1 aliphatic carbocycles. The summed E-state index contributed by atoms with van der Waals surface area (Å²) in [7, 11) is 0. The normalized spacial score (nSPS) is 16.6. The number of nitrogens with one attached hydrogen (secondary N) is 1. The van der Waals surface area contributed by atoms with Gasteiger partial charge in [0.1, 0.15) is 0 Å². The maximum Gasteiger partial charge on any atom is 0.390 e. The fourth-order valence-corrected chi connectivity index (χ4v) is 3.24. The SMILES string of the molecule is Cc1n[nH]c(C)c1CC(=O)N(CCC(F)(F)F)C1CCCCC1. The molecule has 0 aliphatic heterocycles. The molecule has 0 aromatic carbocycles. The number of hydrogen-bond donors (Lipinski definition) is 1. The van der Waals surface area contributed by atoms with Crippen molar-refractivity contribution in [2.45, 2.75) is 71.0 Å². The van der Waals surface area contributed by atoms with Crippen molar-refractivity contribution in [3.63, 3.8) is 0 Å². The third kappa shape index (κ3) is 4.97. The van der Waals surface area contributed by atoms with E-state index in [9.17, 15) is 18.0 Å². The van der Waals surface area contributed by atoms with E-state index in [0.29, 0.717) is 0 Å². The highest BCUT2D eigenvalue weighted by atomic mass is 19.4. The second-order valence-electron chi connectivity index (χ2n) is 6.33. The van der Waals surface area contributed by atoms with Crippen LogP contribution < -0.4 is 0 Å². The summed E-state index contributed by atoms with van der Waals surface area (Å²) in [5.41, 5.74) is 2.33. The first-order valence-electron chi connectivity index (χ1n) is 8.14. The molecule has 4 nitrogen and oxygen atoms in total. The maximum absolute atomic E-state index is 12.6. The van der Waals surface area contributed by atoms with Crippen LogP contribution in [0.2, 0.25) is 0 Å². The minimum atomic E-state index is -4.24. The van der Waals surface area contributed by atoms with Crippen molar-refractivity contribution in [2.24, 2.45) is 0 Å². The van der Waals surface area contributed by atoms with Gasteiger partial charge in [-0.2, -0.15) is 18.3 Å². The average molecular weight is 331 g/mol. The maximum atomic E-state index is 12.6. The van der Waals surface area contributed by atoms with Gasteiger partial charge < -0.3 is 4.90 Å². The Labute approximate surface area is 134 Å². The number of aromatic amines is 1. The van der Waals surface area contributed by atoms with Gasteiger partial charge in [-0.15, -0.1) is 0 Å². The third-order valence-electron chi connectivity index (χ3n) is 4.58. The van der Waals surface area contributed by atoms with E-state index in [1.165, 1.54) is 4.90 Å². The number of carbonyl (C=O) groups excluding carboxylic acids is 1. The number of hydrogen-bond acceptors (Lipinski definition) is 2. The molecule has 0 radical (unpaired) electrons. The van der Waals surface area contributed by atoms with Gasteiger partial charge in [0.05, 0.1) is 18.5 Å². The summed E-state index contributed by atoms with van der Waals surface area (Å²) < 4.78 is 37.8. The summed E-state index contributed by atoms with van der Waals surface area (Å²) in [6.07, 6.45) is -0.429. The van der Waals surface area contributed by atoms with E-state index in [2.05, 4.69) is 10.2 Å². The Morgan fingerprint density at radius 1 is 1.26 bits per heavy atom. The Kier molecular flexibility index (Phi) is 5.70. The van der Waals surface area contributed by atoms with Crippen molar-refractivity contribution >= 4 is 5.91 Å². The molecular weight excluding hydrogens is 307 g/mol. The lowest BCUT2D eigenvalue weighted by molar-refractivity contribution is -0.148. The van der Waals surface area contributed by atoms with Crippen LogP contribution >= 0.6 is 0 Å². The quantitative estimate of drug-likeness (QED) is 0.895. The van der Waals surface area contributed by atoms with Crippen LogP contribution in [0.25, 0.3) is 0 Å². The Hall–Kier alpha value is -1.53. The van der Waals surface area contributed by atoms with Gasteiger partial charge in [-0.3, -0.25) is 9.89 Å². The number of H-pyrrole nitrogens is 1. The highest BCUT2D eigenvalue weighted by molar-refractivity contribution is 5.79. The Morgan fingerprint density at radius 2 is 1.91 bits per heavy atom. The zero-order chi connectivity index (χ0) is 17.0. The highest BCUT2D eigenvalue weighted by Gasteiger charge is 2.32. The number of aromatic nitrogens is 2. The molecule has 0 saturated heterocycles. The zero-order valence-electron chi connectivity index (χ0n) is 13.7. The van der Waals surface area contributed by atoms with Crippen LogP contribution in [-0.2, 0) is 11.2 Å². The fraction of sp³-hybridized carbons (Fsp3) is 0.750. The van der Waals surface area contributed by atoms with Gasteiger partial charge in [-0.25, -0.2) is 0 Å². The van der Waals surface area contributed by atoms with Crippen molar-refractivity contribution in [3.8, 4) is 0 Å². The zero-order valence-corrected chi connectivity index (χ0v) is 13.7. The van der Waals surface area contributed by atoms with Crippen molar-refractivity contribution < 1.29 is 18.0 Å². The van der Waals surface area contributed by atoms with E-state index in [-0.39, 0.29) is 24.9 Å². The number of rotatable bonds is 5. The Morgan fingerprint density at radius 3 is 2.43 bits per heavy atom. The van der Waals surface area contributed by atoms with Gasteiger partial charge in [0.2, 0.25) is 5.91 Å². The van der Waals surface area contributed by atoms with Gasteiger partial charge in [0, 0.05) is 23.8 Å². The van der Waals surface area contributed by atoms with Crippen LogP contribution in [0.15, 0.2) is 0 Å². The summed E-state index contributed by atoms with van der Waals surface area (Å²) in [5.74, 6) is -0.228. The van der Waals surface area contributed by atoms with Crippen LogP contribution in [0.4, 0.5) is 13.2 Å². The first-order chi connectivity index (χ1) is 10.8. The number of carbonyl (C=O) groups is 1. The number of aryl methyl sites for hydroxylation is 2. The molecule has 1 fully saturated rings. The first-order valence-corrected chi connectivity index (χ1v) is 8.14. The molecule has 1 aliphatic rings. The van der Waals surface area contributed by atoms with Crippen LogP contribution in [-0.4, -0.2) is 39.8 Å². The van der Waals surface area contributed by atoms with Crippen LogP contribution in [0.3, 0.4) is 0 Å². The van der Waals surface area contributed by atoms with E-state index in [0.717, 1.165) is 49.1 Å². The van der Waals surface area contributed by atoms with E-state index in [4.69, 9.17) is 0 Å². The molecule has 7 heteroatoms. The summed E-state index contributed by atoms with van der Waals surface area (Å²) in [6, 6.07) is -0.0638. The van der Waals surface area contributed by atoms with Crippen molar-refractivity contribution in [3.05, 3.63) is 17.0 Å². The predicted molar refractivity (Wildman–Crippen MR) is 81.0 cm³/mol. The fourth-order valence-electron chi connectivity index (χ4n) is 3.24. The standard InChI is InChI=1S/C16H24F3N3O/c1-11-14(12(2)21-20-11)10-15(23)22(9-8-16(17,18)19)13-6-4-3-5-7-13/h13H,3-10H2,1-2H3,(H,20,21). The molecule has 1 amide bonds. The lowest BCUT2D eigenvalue weighted by atomic mass is 9.93. The Balaban J connectivity index is 2.09. The largest absolute Gasteiger partial charge is 0.390 e. The summed E-state index contributed by atoms with van der Waals surface area (Å²) >= 11 is 0. The average Bonchev–Trinajstić information content (AvgIpc) is 2.79. The van der Waals surface area contributed by atoms with E-state index in [1.807, 2.05) is 6.92 Å². The molecule has 23 heavy (non-hydrogen) atoms. The smallest absolute Gasteiger partial charge is 0.339 e.